The quantitative estimate of drug-likeness (QED) is 0.432. The van der Waals surface area contributed by atoms with Crippen molar-refractivity contribution in [3.63, 3.8) is 0 Å². The van der Waals surface area contributed by atoms with Crippen molar-refractivity contribution in [1.29, 1.82) is 0 Å². The number of aromatic nitrogens is 7. The van der Waals surface area contributed by atoms with E-state index in [9.17, 15) is 4.79 Å². The zero-order valence-electron chi connectivity index (χ0n) is 18.9. The van der Waals surface area contributed by atoms with E-state index in [0.717, 1.165) is 66.0 Å². The van der Waals surface area contributed by atoms with Gasteiger partial charge in [0.2, 0.25) is 0 Å². The van der Waals surface area contributed by atoms with E-state index < -0.39 is 0 Å². The first kappa shape index (κ1) is 21.7. The van der Waals surface area contributed by atoms with Crippen molar-refractivity contribution in [2.24, 2.45) is 0 Å². The lowest BCUT2D eigenvalue weighted by Gasteiger charge is -2.09. The maximum Gasteiger partial charge on any atom is 0.328 e. The molecule has 3 heterocycles. The molecule has 0 bridgehead atoms. The van der Waals surface area contributed by atoms with Crippen LogP contribution in [0.1, 0.15) is 50.1 Å². The van der Waals surface area contributed by atoms with Gasteiger partial charge in [0, 0.05) is 35.3 Å². The molecule has 0 saturated carbocycles. The highest BCUT2D eigenvalue weighted by Gasteiger charge is 2.17. The molecule has 0 saturated heterocycles. The van der Waals surface area contributed by atoms with Crippen LogP contribution in [0.3, 0.4) is 0 Å². The molecule has 0 unspecified atom stereocenters. The van der Waals surface area contributed by atoms with E-state index in [-0.39, 0.29) is 5.69 Å². The molecule has 0 aliphatic carbocycles. The fourth-order valence-electron chi connectivity index (χ4n) is 4.10. The van der Waals surface area contributed by atoms with Gasteiger partial charge in [-0.25, -0.2) is 9.89 Å². The molecule has 8 nitrogen and oxygen atoms in total. The molecule has 4 rings (SSSR count). The van der Waals surface area contributed by atoms with E-state index in [1.54, 1.807) is 0 Å². The monoisotopic (exact) mass is 431 g/mol. The van der Waals surface area contributed by atoms with Crippen LogP contribution >= 0.6 is 0 Å². The molecular formula is C24H29N7O. The van der Waals surface area contributed by atoms with Crippen LogP contribution in [0.15, 0.2) is 47.4 Å². The van der Waals surface area contributed by atoms with Gasteiger partial charge in [-0.1, -0.05) is 57.0 Å². The summed E-state index contributed by atoms with van der Waals surface area (Å²) in [5.74, 6) is 0.603. The Kier molecular flexibility index (Phi) is 6.58. The summed E-state index contributed by atoms with van der Waals surface area (Å²) < 4.78 is 3.84. The van der Waals surface area contributed by atoms with Gasteiger partial charge in [0.15, 0.2) is 5.82 Å². The number of benzene rings is 1. The summed E-state index contributed by atoms with van der Waals surface area (Å²) in [6.45, 7) is 7.66. The number of unbranched alkanes of at least 4 members (excludes halogenated alkanes) is 1. The largest absolute Gasteiger partial charge is 0.328 e. The van der Waals surface area contributed by atoms with E-state index in [1.165, 1.54) is 0 Å². The Labute approximate surface area is 187 Å². The van der Waals surface area contributed by atoms with Crippen molar-refractivity contribution < 1.29 is 0 Å². The summed E-state index contributed by atoms with van der Waals surface area (Å²) in [5.41, 5.74) is 5.96. The molecule has 3 aromatic heterocycles. The number of tetrazole rings is 1. The normalized spacial score (nSPS) is 11.2. The van der Waals surface area contributed by atoms with E-state index in [0.29, 0.717) is 12.4 Å². The number of hydrogen-bond acceptors (Lipinski definition) is 5. The predicted molar refractivity (Wildman–Crippen MR) is 124 cm³/mol. The molecule has 0 fully saturated rings. The maximum atomic E-state index is 13.1. The first-order valence-electron chi connectivity index (χ1n) is 11.2. The molecular weight excluding hydrogens is 402 g/mol. The van der Waals surface area contributed by atoms with Crippen LogP contribution in [0, 0.1) is 6.92 Å². The Balaban J connectivity index is 1.64. The van der Waals surface area contributed by atoms with Gasteiger partial charge in [-0.15, -0.1) is 5.10 Å². The van der Waals surface area contributed by atoms with Gasteiger partial charge >= 0.3 is 5.69 Å². The fraction of sp³-hybridized carbons (Fsp3) is 0.375. The molecule has 0 radical (unpaired) electrons. The van der Waals surface area contributed by atoms with Gasteiger partial charge in [-0.2, -0.15) is 0 Å². The molecule has 8 heteroatoms. The van der Waals surface area contributed by atoms with Crippen LogP contribution in [0.4, 0.5) is 0 Å². The lowest BCUT2D eigenvalue weighted by atomic mass is 10.0. The summed E-state index contributed by atoms with van der Waals surface area (Å²) in [5, 5.41) is 14.2. The molecule has 0 aliphatic heterocycles. The minimum Gasteiger partial charge on any atom is -0.296 e. The van der Waals surface area contributed by atoms with E-state index >= 15 is 0 Å². The molecule has 166 valence electrons. The summed E-state index contributed by atoms with van der Waals surface area (Å²) in [6.07, 6.45) is 5.82. The van der Waals surface area contributed by atoms with E-state index in [1.807, 2.05) is 51.7 Å². The second-order valence-electron chi connectivity index (χ2n) is 8.00. The molecule has 32 heavy (non-hydrogen) atoms. The van der Waals surface area contributed by atoms with E-state index in [2.05, 4.69) is 41.4 Å². The van der Waals surface area contributed by atoms with Crippen LogP contribution in [-0.4, -0.2) is 34.7 Å². The smallest absolute Gasteiger partial charge is 0.296 e. The van der Waals surface area contributed by atoms with Crippen molar-refractivity contribution in [2.75, 3.05) is 0 Å². The van der Waals surface area contributed by atoms with Crippen LogP contribution in [-0.2, 0) is 19.5 Å². The van der Waals surface area contributed by atoms with Gasteiger partial charge < -0.3 is 0 Å². The Bertz CT molecular complexity index is 1220. The SMILES string of the molecule is CCCCn1c(C)c(CCC)n(Cc2ccc(-c3ccccc3-c3nnn[nH]3)nc2)c1=O. The Morgan fingerprint density at radius 2 is 1.81 bits per heavy atom. The maximum absolute atomic E-state index is 13.1. The predicted octanol–water partition coefficient (Wildman–Crippen LogP) is 4.00. The number of nitrogens with zero attached hydrogens (tertiary/aromatic N) is 6. The van der Waals surface area contributed by atoms with Crippen LogP contribution in [0.25, 0.3) is 22.6 Å². The average Bonchev–Trinajstić information content (AvgIpc) is 3.43. The standard InChI is InChI=1S/C24H29N7O/c1-4-6-14-30-17(3)22(9-5-2)31(24(30)32)16-18-12-13-21(25-15-18)19-10-7-8-11-20(19)23-26-28-29-27-23/h7-8,10-13,15H,4-6,9,14,16H2,1-3H3,(H,26,27,28,29). The van der Waals surface area contributed by atoms with Crippen molar-refractivity contribution in [3.8, 4) is 22.6 Å². The number of H-pyrrole nitrogens is 1. The molecule has 1 aromatic carbocycles. The molecule has 0 aliphatic rings. The topological polar surface area (TPSA) is 94.3 Å². The number of hydrogen-bond donors (Lipinski definition) is 1. The third kappa shape index (κ3) is 4.26. The Morgan fingerprint density at radius 3 is 2.47 bits per heavy atom. The van der Waals surface area contributed by atoms with Crippen LogP contribution in [0.2, 0.25) is 0 Å². The summed E-state index contributed by atoms with van der Waals surface area (Å²) >= 11 is 0. The lowest BCUT2D eigenvalue weighted by molar-refractivity contribution is 0.584. The summed E-state index contributed by atoms with van der Waals surface area (Å²) in [6, 6.07) is 11.9. The minimum absolute atomic E-state index is 0.0756. The zero-order chi connectivity index (χ0) is 22.5. The molecule has 0 amide bonds. The van der Waals surface area contributed by atoms with E-state index in [4.69, 9.17) is 4.98 Å². The Hall–Kier alpha value is -3.55. The van der Waals surface area contributed by atoms with Gasteiger partial charge in [0.05, 0.1) is 12.2 Å². The minimum atomic E-state index is 0.0756. The number of aromatic amines is 1. The number of rotatable bonds is 9. The van der Waals surface area contributed by atoms with Gasteiger partial charge in [0.1, 0.15) is 0 Å². The van der Waals surface area contributed by atoms with Crippen molar-refractivity contribution >= 4 is 0 Å². The highest BCUT2D eigenvalue weighted by atomic mass is 16.1. The van der Waals surface area contributed by atoms with Crippen molar-refractivity contribution in [2.45, 2.75) is 59.5 Å². The van der Waals surface area contributed by atoms with Crippen LogP contribution < -0.4 is 5.69 Å². The van der Waals surface area contributed by atoms with Crippen LogP contribution in [0.5, 0.6) is 0 Å². The first-order valence-corrected chi connectivity index (χ1v) is 11.2. The number of nitrogens with one attached hydrogen (secondary N) is 1. The average molecular weight is 432 g/mol. The third-order valence-electron chi connectivity index (χ3n) is 5.80. The van der Waals surface area contributed by atoms with Gasteiger partial charge in [0.25, 0.3) is 0 Å². The zero-order valence-corrected chi connectivity index (χ0v) is 18.9. The molecule has 0 atom stereocenters. The van der Waals surface area contributed by atoms with Gasteiger partial charge in [-0.05, 0) is 41.8 Å². The Morgan fingerprint density at radius 1 is 1.00 bits per heavy atom. The molecule has 4 aromatic rings. The fourth-order valence-corrected chi connectivity index (χ4v) is 4.10. The summed E-state index contributed by atoms with van der Waals surface area (Å²) in [7, 11) is 0. The second-order valence-corrected chi connectivity index (χ2v) is 8.00. The van der Waals surface area contributed by atoms with Gasteiger partial charge in [-0.3, -0.25) is 14.1 Å². The highest BCUT2D eigenvalue weighted by molar-refractivity contribution is 5.78. The third-order valence-corrected chi connectivity index (χ3v) is 5.80. The first-order chi connectivity index (χ1) is 15.6. The highest BCUT2D eigenvalue weighted by Crippen LogP contribution is 2.28. The number of imidazole rings is 1. The second kappa shape index (κ2) is 9.72. The van der Waals surface area contributed by atoms with Crippen molar-refractivity contribution in [1.82, 2.24) is 34.7 Å². The lowest BCUT2D eigenvalue weighted by Crippen LogP contribution is -2.26. The number of pyridine rings is 1. The molecule has 1 N–H and O–H groups in total. The van der Waals surface area contributed by atoms with Crippen molar-refractivity contribution in [3.05, 3.63) is 70.0 Å². The molecule has 0 spiro atoms. The summed E-state index contributed by atoms with van der Waals surface area (Å²) in [4.78, 5) is 17.8.